The van der Waals surface area contributed by atoms with Crippen LogP contribution in [-0.2, 0) is 16.1 Å². The zero-order valence-electron chi connectivity index (χ0n) is 8.57. The molecule has 1 rings (SSSR count). The molecule has 0 fully saturated rings. The summed E-state index contributed by atoms with van der Waals surface area (Å²) in [6, 6.07) is 7.91. The van der Waals surface area contributed by atoms with E-state index in [-0.39, 0.29) is 5.97 Å². The van der Waals surface area contributed by atoms with Gasteiger partial charge in [-0.2, -0.15) is 0 Å². The lowest BCUT2D eigenvalue weighted by molar-refractivity contribution is -0.139. The number of hydrogen-bond acceptors (Lipinski definition) is 2. The van der Waals surface area contributed by atoms with Crippen LogP contribution in [0.5, 0.6) is 0 Å². The van der Waals surface area contributed by atoms with Gasteiger partial charge in [-0.25, -0.2) is 4.79 Å². The highest BCUT2D eigenvalue weighted by Crippen LogP contribution is 2.04. The third-order valence-electron chi connectivity index (χ3n) is 1.84. The third-order valence-corrected chi connectivity index (χ3v) is 2.22. The SMILES string of the molecule is Cc1ccc(COC(=O)/C=C/CBr)cc1. The summed E-state index contributed by atoms with van der Waals surface area (Å²) in [6.07, 6.45) is 3.13. The van der Waals surface area contributed by atoms with Crippen LogP contribution in [0.2, 0.25) is 0 Å². The number of benzene rings is 1. The Morgan fingerprint density at radius 3 is 2.67 bits per heavy atom. The van der Waals surface area contributed by atoms with Crippen molar-refractivity contribution in [2.75, 3.05) is 5.33 Å². The zero-order chi connectivity index (χ0) is 11.1. The Bertz CT molecular complexity index is 341. The molecular weight excluding hydrogens is 256 g/mol. The molecule has 0 heterocycles. The van der Waals surface area contributed by atoms with Gasteiger partial charge in [-0.1, -0.05) is 51.8 Å². The molecule has 0 aliphatic rings. The molecule has 0 saturated carbocycles. The van der Waals surface area contributed by atoms with Crippen LogP contribution in [0.15, 0.2) is 36.4 Å². The number of rotatable bonds is 4. The first-order valence-corrected chi connectivity index (χ1v) is 5.79. The highest BCUT2D eigenvalue weighted by molar-refractivity contribution is 9.09. The number of carbonyl (C=O) groups is 1. The average molecular weight is 269 g/mol. The molecule has 0 atom stereocenters. The number of ether oxygens (including phenoxy) is 1. The minimum Gasteiger partial charge on any atom is -0.458 e. The second kappa shape index (κ2) is 6.40. The van der Waals surface area contributed by atoms with Crippen LogP contribution in [0.25, 0.3) is 0 Å². The summed E-state index contributed by atoms with van der Waals surface area (Å²) >= 11 is 3.19. The maximum Gasteiger partial charge on any atom is 0.330 e. The van der Waals surface area contributed by atoms with E-state index in [1.54, 1.807) is 6.08 Å². The van der Waals surface area contributed by atoms with Crippen molar-refractivity contribution >= 4 is 21.9 Å². The van der Waals surface area contributed by atoms with Crippen molar-refractivity contribution in [2.45, 2.75) is 13.5 Å². The Hall–Kier alpha value is -1.09. The van der Waals surface area contributed by atoms with Crippen LogP contribution in [0, 0.1) is 6.92 Å². The van der Waals surface area contributed by atoms with E-state index in [2.05, 4.69) is 15.9 Å². The van der Waals surface area contributed by atoms with Crippen molar-refractivity contribution < 1.29 is 9.53 Å². The fourth-order valence-corrected chi connectivity index (χ4v) is 1.21. The van der Waals surface area contributed by atoms with Gasteiger partial charge in [0, 0.05) is 11.4 Å². The van der Waals surface area contributed by atoms with Crippen molar-refractivity contribution in [3.8, 4) is 0 Å². The minimum atomic E-state index is -0.310. The van der Waals surface area contributed by atoms with E-state index in [0.29, 0.717) is 11.9 Å². The molecular formula is C12H13BrO2. The summed E-state index contributed by atoms with van der Waals surface area (Å²) in [5.41, 5.74) is 2.20. The molecule has 80 valence electrons. The maximum absolute atomic E-state index is 11.1. The summed E-state index contributed by atoms with van der Waals surface area (Å²) in [5, 5.41) is 0.659. The zero-order valence-corrected chi connectivity index (χ0v) is 10.2. The molecule has 0 radical (unpaired) electrons. The average Bonchev–Trinajstić information content (AvgIpc) is 2.25. The van der Waals surface area contributed by atoms with Crippen molar-refractivity contribution in [1.82, 2.24) is 0 Å². The van der Waals surface area contributed by atoms with Crippen LogP contribution >= 0.6 is 15.9 Å². The summed E-state index contributed by atoms with van der Waals surface area (Å²) in [5.74, 6) is -0.310. The Kier molecular flexibility index (Phi) is 5.12. The van der Waals surface area contributed by atoms with Gasteiger partial charge in [0.15, 0.2) is 0 Å². The van der Waals surface area contributed by atoms with Gasteiger partial charge in [0.25, 0.3) is 0 Å². The monoisotopic (exact) mass is 268 g/mol. The van der Waals surface area contributed by atoms with Gasteiger partial charge < -0.3 is 4.74 Å². The summed E-state index contributed by atoms with van der Waals surface area (Å²) in [7, 11) is 0. The first-order valence-electron chi connectivity index (χ1n) is 4.67. The number of halogens is 1. The molecule has 0 aliphatic carbocycles. The summed E-state index contributed by atoms with van der Waals surface area (Å²) in [6.45, 7) is 2.35. The summed E-state index contributed by atoms with van der Waals surface area (Å²) in [4.78, 5) is 11.1. The van der Waals surface area contributed by atoms with Gasteiger partial charge in [0.05, 0.1) is 0 Å². The molecule has 0 aromatic heterocycles. The minimum absolute atomic E-state index is 0.310. The highest BCUT2D eigenvalue weighted by atomic mass is 79.9. The fraction of sp³-hybridized carbons (Fsp3) is 0.250. The van der Waals surface area contributed by atoms with E-state index in [1.165, 1.54) is 11.6 Å². The Labute approximate surface area is 98.1 Å². The topological polar surface area (TPSA) is 26.3 Å². The molecule has 0 unspecified atom stereocenters. The standard InChI is InChI=1S/C12H13BrO2/c1-10-4-6-11(7-5-10)9-15-12(14)3-2-8-13/h2-7H,8-9H2,1H3/b3-2+. The predicted octanol–water partition coefficient (Wildman–Crippen LogP) is 2.99. The first kappa shape index (κ1) is 12.0. The first-order chi connectivity index (χ1) is 7.22. The molecule has 0 aliphatic heterocycles. The smallest absolute Gasteiger partial charge is 0.330 e. The quantitative estimate of drug-likeness (QED) is 0.477. The van der Waals surface area contributed by atoms with E-state index < -0.39 is 0 Å². The summed E-state index contributed by atoms with van der Waals surface area (Å²) < 4.78 is 5.02. The van der Waals surface area contributed by atoms with Crippen LogP contribution in [-0.4, -0.2) is 11.3 Å². The number of aryl methyl sites for hydroxylation is 1. The van der Waals surface area contributed by atoms with Gasteiger partial charge >= 0.3 is 5.97 Å². The van der Waals surface area contributed by atoms with Crippen LogP contribution in [0.4, 0.5) is 0 Å². The number of esters is 1. The molecule has 0 saturated heterocycles. The second-order valence-electron chi connectivity index (χ2n) is 3.15. The number of allylic oxidation sites excluding steroid dienone is 1. The van der Waals surface area contributed by atoms with E-state index in [1.807, 2.05) is 31.2 Å². The van der Waals surface area contributed by atoms with Crippen molar-refractivity contribution in [3.05, 3.63) is 47.5 Å². The van der Waals surface area contributed by atoms with Gasteiger partial charge in [-0.15, -0.1) is 0 Å². The third kappa shape index (κ3) is 4.79. The van der Waals surface area contributed by atoms with E-state index in [4.69, 9.17) is 4.74 Å². The molecule has 1 aromatic carbocycles. The highest BCUT2D eigenvalue weighted by Gasteiger charge is 1.97. The molecule has 0 bridgehead atoms. The predicted molar refractivity (Wildman–Crippen MR) is 63.9 cm³/mol. The maximum atomic E-state index is 11.1. The van der Waals surface area contributed by atoms with Crippen LogP contribution in [0.3, 0.4) is 0 Å². The lowest BCUT2D eigenvalue weighted by atomic mass is 10.2. The van der Waals surface area contributed by atoms with Gasteiger partial charge in [-0.3, -0.25) is 0 Å². The normalized spacial score (nSPS) is 10.5. The fourth-order valence-electron chi connectivity index (χ4n) is 1.03. The van der Waals surface area contributed by atoms with E-state index in [0.717, 1.165) is 5.56 Å². The molecule has 0 spiro atoms. The van der Waals surface area contributed by atoms with Gasteiger partial charge in [0.1, 0.15) is 6.61 Å². The lowest BCUT2D eigenvalue weighted by Crippen LogP contribution is -2.00. The molecule has 0 N–H and O–H groups in total. The van der Waals surface area contributed by atoms with Crippen molar-refractivity contribution in [3.63, 3.8) is 0 Å². The largest absolute Gasteiger partial charge is 0.458 e. The number of carbonyl (C=O) groups excluding carboxylic acids is 1. The number of hydrogen-bond donors (Lipinski definition) is 0. The van der Waals surface area contributed by atoms with E-state index in [9.17, 15) is 4.79 Å². The molecule has 3 heteroatoms. The van der Waals surface area contributed by atoms with Gasteiger partial charge in [0.2, 0.25) is 0 Å². The lowest BCUT2D eigenvalue weighted by Gasteiger charge is -2.02. The van der Waals surface area contributed by atoms with Crippen LogP contribution in [0.1, 0.15) is 11.1 Å². The molecule has 2 nitrogen and oxygen atoms in total. The van der Waals surface area contributed by atoms with Crippen molar-refractivity contribution in [2.24, 2.45) is 0 Å². The molecule has 0 amide bonds. The number of alkyl halides is 1. The second-order valence-corrected chi connectivity index (χ2v) is 3.80. The Morgan fingerprint density at radius 1 is 1.40 bits per heavy atom. The van der Waals surface area contributed by atoms with Crippen LogP contribution < -0.4 is 0 Å². The molecule has 1 aromatic rings. The van der Waals surface area contributed by atoms with Gasteiger partial charge in [-0.05, 0) is 12.5 Å². The Morgan fingerprint density at radius 2 is 2.07 bits per heavy atom. The molecule has 15 heavy (non-hydrogen) atoms. The van der Waals surface area contributed by atoms with E-state index >= 15 is 0 Å². The van der Waals surface area contributed by atoms with Crippen molar-refractivity contribution in [1.29, 1.82) is 0 Å². The Balaban J connectivity index is 2.40.